The van der Waals surface area contributed by atoms with Crippen LogP contribution in [-0.4, -0.2) is 19.2 Å². The minimum atomic E-state index is -0.653. The first-order valence-electron chi connectivity index (χ1n) is 5.88. The number of ether oxygens (including phenoxy) is 2. The van der Waals surface area contributed by atoms with Crippen LogP contribution in [0.1, 0.15) is 25.0 Å². The fourth-order valence-electron chi connectivity index (χ4n) is 1.45. The van der Waals surface area contributed by atoms with Crippen molar-refractivity contribution in [2.75, 3.05) is 13.2 Å². The monoisotopic (exact) mass is 249 g/mol. The fraction of sp³-hybridized carbons (Fsp3) is 0.357. The summed E-state index contributed by atoms with van der Waals surface area (Å²) in [6.45, 7) is 5.74. The van der Waals surface area contributed by atoms with E-state index in [0.717, 1.165) is 5.56 Å². The van der Waals surface area contributed by atoms with Crippen LogP contribution in [0, 0.1) is 6.92 Å². The Morgan fingerprint density at radius 1 is 1.11 bits per heavy atom. The SMILES string of the molecule is CCOC(=O)/C(=C(\[O-])OCC)c1ccc(C)cc1. The number of rotatable bonds is 5. The minimum Gasteiger partial charge on any atom is -0.613 e. The van der Waals surface area contributed by atoms with Crippen LogP contribution in [0.25, 0.3) is 5.57 Å². The van der Waals surface area contributed by atoms with E-state index < -0.39 is 11.9 Å². The predicted molar refractivity (Wildman–Crippen MR) is 66.4 cm³/mol. The Morgan fingerprint density at radius 3 is 2.17 bits per heavy atom. The van der Waals surface area contributed by atoms with Gasteiger partial charge in [-0.3, -0.25) is 0 Å². The summed E-state index contributed by atoms with van der Waals surface area (Å²) < 4.78 is 9.76. The molecule has 1 aromatic carbocycles. The molecule has 0 amide bonds. The molecular weight excluding hydrogens is 232 g/mol. The zero-order chi connectivity index (χ0) is 13.5. The lowest BCUT2D eigenvalue weighted by atomic mass is 10.1. The number of carbonyl (C=O) groups is 1. The van der Waals surface area contributed by atoms with Gasteiger partial charge in [-0.1, -0.05) is 36.8 Å². The van der Waals surface area contributed by atoms with Gasteiger partial charge < -0.3 is 14.6 Å². The lowest BCUT2D eigenvalue weighted by Crippen LogP contribution is -2.18. The molecule has 1 rings (SSSR count). The zero-order valence-electron chi connectivity index (χ0n) is 10.9. The first-order valence-corrected chi connectivity index (χ1v) is 5.88. The molecule has 0 N–H and O–H groups in total. The van der Waals surface area contributed by atoms with E-state index in [9.17, 15) is 9.90 Å². The van der Waals surface area contributed by atoms with Crippen LogP contribution in [-0.2, 0) is 14.3 Å². The molecule has 0 unspecified atom stereocenters. The summed E-state index contributed by atoms with van der Waals surface area (Å²) in [5.41, 5.74) is 1.50. The number of esters is 1. The maximum absolute atomic E-state index is 11.8. The predicted octanol–water partition coefficient (Wildman–Crippen LogP) is 1.62. The highest BCUT2D eigenvalue weighted by molar-refractivity contribution is 6.16. The van der Waals surface area contributed by atoms with Crippen molar-refractivity contribution in [3.05, 3.63) is 41.3 Å². The van der Waals surface area contributed by atoms with Crippen LogP contribution >= 0.6 is 0 Å². The van der Waals surface area contributed by atoms with E-state index in [-0.39, 0.29) is 18.8 Å². The minimum absolute atomic E-state index is 0.0568. The van der Waals surface area contributed by atoms with Gasteiger partial charge in [-0.05, 0) is 26.0 Å². The second-order valence-electron chi connectivity index (χ2n) is 3.68. The van der Waals surface area contributed by atoms with Crippen LogP contribution in [0.3, 0.4) is 0 Å². The first-order chi connectivity index (χ1) is 8.60. The van der Waals surface area contributed by atoms with Gasteiger partial charge in [0.15, 0.2) is 0 Å². The highest BCUT2D eigenvalue weighted by atomic mass is 16.6. The van der Waals surface area contributed by atoms with Gasteiger partial charge in [-0.2, -0.15) is 0 Å². The Labute approximate surface area is 107 Å². The van der Waals surface area contributed by atoms with E-state index in [1.807, 2.05) is 19.1 Å². The van der Waals surface area contributed by atoms with Crippen molar-refractivity contribution in [1.29, 1.82) is 0 Å². The highest BCUT2D eigenvalue weighted by Crippen LogP contribution is 2.19. The summed E-state index contributed by atoms with van der Waals surface area (Å²) in [7, 11) is 0. The van der Waals surface area contributed by atoms with Crippen molar-refractivity contribution in [1.82, 2.24) is 0 Å². The van der Waals surface area contributed by atoms with Crippen molar-refractivity contribution in [3.63, 3.8) is 0 Å². The third-order valence-corrected chi connectivity index (χ3v) is 2.30. The molecular formula is C14H17O4-. The second-order valence-corrected chi connectivity index (χ2v) is 3.68. The maximum atomic E-state index is 11.8. The normalized spacial score (nSPS) is 11.7. The van der Waals surface area contributed by atoms with E-state index >= 15 is 0 Å². The van der Waals surface area contributed by atoms with Gasteiger partial charge in [-0.25, -0.2) is 4.79 Å². The zero-order valence-corrected chi connectivity index (χ0v) is 10.9. The summed E-state index contributed by atoms with van der Waals surface area (Å²) in [5, 5.41) is 11.8. The largest absolute Gasteiger partial charge is 0.613 e. The van der Waals surface area contributed by atoms with Gasteiger partial charge in [0.25, 0.3) is 0 Å². The molecule has 98 valence electrons. The summed E-state index contributed by atoms with van der Waals surface area (Å²) in [4.78, 5) is 11.8. The molecule has 1 aromatic rings. The van der Waals surface area contributed by atoms with Crippen LogP contribution in [0.15, 0.2) is 30.2 Å². The van der Waals surface area contributed by atoms with Gasteiger partial charge in [0.2, 0.25) is 0 Å². The van der Waals surface area contributed by atoms with Gasteiger partial charge in [-0.15, -0.1) is 0 Å². The van der Waals surface area contributed by atoms with Crippen molar-refractivity contribution >= 4 is 11.5 Å². The molecule has 0 fully saturated rings. The standard InChI is InChI=1S/C14H18O4/c1-4-17-13(15)12(14(16)18-5-2)11-8-6-10(3)7-9-11/h6-9,15H,4-5H2,1-3H3/p-1/b13-12+. The molecule has 0 spiro atoms. The molecule has 0 aliphatic rings. The fourth-order valence-corrected chi connectivity index (χ4v) is 1.45. The molecule has 0 radical (unpaired) electrons. The van der Waals surface area contributed by atoms with Gasteiger partial charge in [0, 0.05) is 0 Å². The molecule has 0 saturated heterocycles. The Morgan fingerprint density at radius 2 is 1.67 bits per heavy atom. The van der Waals surface area contributed by atoms with Crippen molar-refractivity contribution in [3.8, 4) is 0 Å². The molecule has 0 bridgehead atoms. The van der Waals surface area contributed by atoms with E-state index in [1.54, 1.807) is 26.0 Å². The van der Waals surface area contributed by atoms with Crippen molar-refractivity contribution in [2.45, 2.75) is 20.8 Å². The lowest BCUT2D eigenvalue weighted by Gasteiger charge is -2.18. The molecule has 0 atom stereocenters. The quantitative estimate of drug-likeness (QED) is 0.452. The third-order valence-electron chi connectivity index (χ3n) is 2.30. The smallest absolute Gasteiger partial charge is 0.340 e. The van der Waals surface area contributed by atoms with E-state index in [0.29, 0.717) is 5.56 Å². The van der Waals surface area contributed by atoms with Crippen molar-refractivity contribution in [2.24, 2.45) is 0 Å². The van der Waals surface area contributed by atoms with Gasteiger partial charge >= 0.3 is 5.97 Å². The average molecular weight is 249 g/mol. The van der Waals surface area contributed by atoms with Crippen LogP contribution in [0.5, 0.6) is 0 Å². The molecule has 0 heterocycles. The van der Waals surface area contributed by atoms with Gasteiger partial charge in [0.1, 0.15) is 0 Å². The molecule has 0 aliphatic carbocycles. The summed E-state index contributed by atoms with van der Waals surface area (Å²) in [6, 6.07) is 7.07. The Kier molecular flexibility index (Phi) is 5.24. The summed E-state index contributed by atoms with van der Waals surface area (Å²) >= 11 is 0. The molecule has 4 heteroatoms. The van der Waals surface area contributed by atoms with Crippen molar-refractivity contribution < 1.29 is 19.4 Å². The Bertz CT molecular complexity index is 432. The summed E-state index contributed by atoms with van der Waals surface area (Å²) in [6.07, 6.45) is 0. The number of carbonyl (C=O) groups excluding carboxylic acids is 1. The molecule has 0 saturated carbocycles. The number of aryl methyl sites for hydroxylation is 1. The first kappa shape index (κ1) is 14.1. The molecule has 4 nitrogen and oxygen atoms in total. The number of hydrogen-bond donors (Lipinski definition) is 0. The van der Waals surface area contributed by atoms with E-state index in [1.165, 1.54) is 0 Å². The average Bonchev–Trinajstić information content (AvgIpc) is 2.33. The van der Waals surface area contributed by atoms with Crippen LogP contribution < -0.4 is 5.11 Å². The lowest BCUT2D eigenvalue weighted by molar-refractivity contribution is -0.354. The topological polar surface area (TPSA) is 58.6 Å². The summed E-state index contributed by atoms with van der Waals surface area (Å²) in [5.74, 6) is -1.31. The van der Waals surface area contributed by atoms with Gasteiger partial charge in [0.05, 0.1) is 18.1 Å². The Hall–Kier alpha value is -1.97. The number of hydrogen-bond acceptors (Lipinski definition) is 4. The van der Waals surface area contributed by atoms with E-state index in [2.05, 4.69) is 0 Å². The van der Waals surface area contributed by atoms with E-state index in [4.69, 9.17) is 9.47 Å². The second kappa shape index (κ2) is 6.69. The number of benzene rings is 1. The molecule has 18 heavy (non-hydrogen) atoms. The van der Waals surface area contributed by atoms with Crippen LogP contribution in [0.2, 0.25) is 0 Å². The Balaban J connectivity index is 3.16. The third kappa shape index (κ3) is 3.52. The highest BCUT2D eigenvalue weighted by Gasteiger charge is 2.15. The maximum Gasteiger partial charge on any atom is 0.340 e. The van der Waals surface area contributed by atoms with Crippen LogP contribution in [0.4, 0.5) is 0 Å². The molecule has 0 aromatic heterocycles. The molecule has 0 aliphatic heterocycles.